The third-order valence-electron chi connectivity index (χ3n) is 2.43. The van der Waals surface area contributed by atoms with Crippen LogP contribution >= 0.6 is 0 Å². The van der Waals surface area contributed by atoms with Crippen molar-refractivity contribution < 1.29 is 27.0 Å². The summed E-state index contributed by atoms with van der Waals surface area (Å²) in [6, 6.07) is 6.91. The van der Waals surface area contributed by atoms with Gasteiger partial charge in [-0.3, -0.25) is 4.79 Å². The van der Waals surface area contributed by atoms with Gasteiger partial charge in [0.25, 0.3) is 0 Å². The van der Waals surface area contributed by atoms with Gasteiger partial charge >= 0.3 is 23.0 Å². The quantitative estimate of drug-likeness (QED) is 0.729. The number of carboxylic acid groups (broad SMARTS) is 1. The zero-order chi connectivity index (χ0) is 10.8. The fraction of sp³-hybridized carbons (Fsp3) is 0.182. The number of aliphatic carboxylic acids is 1. The molecule has 0 aliphatic carbocycles. The van der Waals surface area contributed by atoms with Crippen LogP contribution in [0.5, 0.6) is 0 Å². The zero-order valence-electron chi connectivity index (χ0n) is 8.41. The van der Waals surface area contributed by atoms with Crippen LogP contribution in [0.4, 0.5) is 0 Å². The van der Waals surface area contributed by atoms with E-state index >= 15 is 0 Å². The van der Waals surface area contributed by atoms with Crippen molar-refractivity contribution in [2.45, 2.75) is 12.5 Å². The van der Waals surface area contributed by atoms with Crippen LogP contribution in [-0.2, 0) is 28.3 Å². The largest absolute Gasteiger partial charge is 1.00 e. The average Bonchev–Trinajstić information content (AvgIpc) is 2.62. The van der Waals surface area contributed by atoms with Crippen molar-refractivity contribution in [1.82, 2.24) is 4.98 Å². The second-order valence-electron chi connectivity index (χ2n) is 3.51. The molecular formula is C11H12CuN2O2+. The Morgan fingerprint density at radius 1 is 1.44 bits per heavy atom. The van der Waals surface area contributed by atoms with Gasteiger partial charge in [0, 0.05) is 23.5 Å². The van der Waals surface area contributed by atoms with Gasteiger partial charge in [-0.1, -0.05) is 18.2 Å². The maximum absolute atomic E-state index is 10.6. The van der Waals surface area contributed by atoms with Gasteiger partial charge in [0.1, 0.15) is 6.04 Å². The molecule has 0 spiro atoms. The third-order valence-corrected chi connectivity index (χ3v) is 2.43. The second kappa shape index (κ2) is 5.16. The van der Waals surface area contributed by atoms with E-state index in [0.29, 0.717) is 6.42 Å². The number of carboxylic acids is 1. The molecule has 0 fully saturated rings. The number of fused-ring (bicyclic) bond motifs is 1. The Bertz CT molecular complexity index is 495. The number of nitrogens with two attached hydrogens (primary N) is 1. The number of hydrogen-bond donors (Lipinski definition) is 3. The number of aromatic amines is 1. The molecule has 0 unspecified atom stereocenters. The van der Waals surface area contributed by atoms with E-state index in [-0.39, 0.29) is 17.1 Å². The summed E-state index contributed by atoms with van der Waals surface area (Å²) in [4.78, 5) is 13.7. The number of hydrogen-bond acceptors (Lipinski definition) is 2. The molecule has 2 rings (SSSR count). The normalized spacial score (nSPS) is 12.1. The van der Waals surface area contributed by atoms with E-state index in [1.165, 1.54) is 0 Å². The van der Waals surface area contributed by atoms with Crippen molar-refractivity contribution in [3.05, 3.63) is 36.0 Å². The first-order chi connectivity index (χ1) is 7.18. The molecule has 1 aromatic carbocycles. The topological polar surface area (TPSA) is 79.1 Å². The summed E-state index contributed by atoms with van der Waals surface area (Å²) in [6.07, 6.45) is 2.16. The second-order valence-corrected chi connectivity index (χ2v) is 3.51. The SMILES string of the molecule is N[C@@H](Cc1c[nH]c2ccccc12)C(=O)O.[Cu+]. The van der Waals surface area contributed by atoms with Crippen molar-refractivity contribution in [1.29, 1.82) is 0 Å². The zero-order valence-corrected chi connectivity index (χ0v) is 9.35. The number of aromatic nitrogens is 1. The Labute approximate surface area is 103 Å². The van der Waals surface area contributed by atoms with E-state index in [1.807, 2.05) is 30.5 Å². The van der Waals surface area contributed by atoms with Crippen LogP contribution in [0.1, 0.15) is 5.56 Å². The molecule has 88 valence electrons. The number of rotatable bonds is 3. The number of H-pyrrole nitrogens is 1. The van der Waals surface area contributed by atoms with Gasteiger partial charge in [0.2, 0.25) is 0 Å². The van der Waals surface area contributed by atoms with E-state index in [1.54, 1.807) is 0 Å². The fourth-order valence-corrected chi connectivity index (χ4v) is 1.62. The van der Waals surface area contributed by atoms with E-state index in [0.717, 1.165) is 16.5 Å². The number of benzene rings is 1. The first-order valence-electron chi connectivity index (χ1n) is 4.72. The molecule has 0 radical (unpaired) electrons. The Hall–Kier alpha value is -1.29. The molecule has 0 saturated carbocycles. The molecule has 0 saturated heterocycles. The Morgan fingerprint density at radius 3 is 2.81 bits per heavy atom. The predicted octanol–water partition coefficient (Wildman–Crippen LogP) is 1.12. The smallest absolute Gasteiger partial charge is 0.480 e. The van der Waals surface area contributed by atoms with Crippen LogP contribution in [0.25, 0.3) is 10.9 Å². The molecule has 4 nitrogen and oxygen atoms in total. The molecule has 2 aromatic rings. The molecule has 0 amide bonds. The van der Waals surface area contributed by atoms with Gasteiger partial charge in [0.05, 0.1) is 0 Å². The van der Waals surface area contributed by atoms with E-state index in [4.69, 9.17) is 10.8 Å². The molecule has 4 N–H and O–H groups in total. The van der Waals surface area contributed by atoms with Crippen LogP contribution < -0.4 is 5.73 Å². The molecule has 1 atom stereocenters. The third kappa shape index (κ3) is 2.44. The van der Waals surface area contributed by atoms with Gasteiger partial charge in [0.15, 0.2) is 0 Å². The van der Waals surface area contributed by atoms with Crippen LogP contribution in [0.15, 0.2) is 30.5 Å². The van der Waals surface area contributed by atoms with Crippen molar-refractivity contribution >= 4 is 16.9 Å². The molecular weight excluding hydrogens is 256 g/mol. The fourth-order valence-electron chi connectivity index (χ4n) is 1.62. The molecule has 0 bridgehead atoms. The summed E-state index contributed by atoms with van der Waals surface area (Å²) in [5.41, 5.74) is 7.43. The van der Waals surface area contributed by atoms with Gasteiger partial charge in [-0.2, -0.15) is 0 Å². The van der Waals surface area contributed by atoms with E-state index in [9.17, 15) is 4.79 Å². The average molecular weight is 268 g/mol. The molecule has 1 aromatic heterocycles. The standard InChI is InChI=1S/C11H12N2O2.Cu/c12-9(11(14)15)5-7-6-13-10-4-2-1-3-8(7)10;/h1-4,6,9,13H,5,12H2,(H,14,15);/q;+1/t9-;/m0./s1. The minimum Gasteiger partial charge on any atom is -0.480 e. The molecule has 16 heavy (non-hydrogen) atoms. The molecule has 0 aliphatic heterocycles. The number of para-hydroxylation sites is 1. The molecule has 5 heteroatoms. The Kier molecular flexibility index (Phi) is 4.12. The summed E-state index contributed by atoms with van der Waals surface area (Å²) in [5.74, 6) is -0.972. The van der Waals surface area contributed by atoms with Gasteiger partial charge in [-0.25, -0.2) is 0 Å². The van der Waals surface area contributed by atoms with E-state index < -0.39 is 12.0 Å². The summed E-state index contributed by atoms with van der Waals surface area (Å²) < 4.78 is 0. The first-order valence-corrected chi connectivity index (χ1v) is 4.72. The Morgan fingerprint density at radius 2 is 2.12 bits per heavy atom. The monoisotopic (exact) mass is 267 g/mol. The number of carbonyl (C=O) groups is 1. The van der Waals surface area contributed by atoms with Crippen molar-refractivity contribution in [3.63, 3.8) is 0 Å². The Balaban J connectivity index is 0.00000128. The van der Waals surface area contributed by atoms with Crippen LogP contribution in [0.2, 0.25) is 0 Å². The van der Waals surface area contributed by atoms with Gasteiger partial charge < -0.3 is 15.8 Å². The summed E-state index contributed by atoms with van der Waals surface area (Å²) in [5, 5.41) is 9.75. The maximum Gasteiger partial charge on any atom is 1.00 e. The molecule has 1 heterocycles. The minimum absolute atomic E-state index is 0. The van der Waals surface area contributed by atoms with Crippen LogP contribution in [-0.4, -0.2) is 22.1 Å². The van der Waals surface area contributed by atoms with Crippen molar-refractivity contribution in [3.8, 4) is 0 Å². The summed E-state index contributed by atoms with van der Waals surface area (Å²) in [6.45, 7) is 0. The van der Waals surface area contributed by atoms with Gasteiger partial charge in [-0.15, -0.1) is 0 Å². The summed E-state index contributed by atoms with van der Waals surface area (Å²) in [7, 11) is 0. The van der Waals surface area contributed by atoms with Crippen LogP contribution in [0, 0.1) is 0 Å². The number of nitrogens with one attached hydrogen (secondary N) is 1. The first kappa shape index (κ1) is 12.8. The van der Waals surface area contributed by atoms with Gasteiger partial charge in [-0.05, 0) is 11.6 Å². The van der Waals surface area contributed by atoms with Crippen molar-refractivity contribution in [2.75, 3.05) is 0 Å². The summed E-state index contributed by atoms with van der Waals surface area (Å²) >= 11 is 0. The van der Waals surface area contributed by atoms with Crippen LogP contribution in [0.3, 0.4) is 0 Å². The van der Waals surface area contributed by atoms with Crippen molar-refractivity contribution in [2.24, 2.45) is 5.73 Å². The maximum atomic E-state index is 10.6. The molecule has 0 aliphatic rings. The predicted molar refractivity (Wildman–Crippen MR) is 57.6 cm³/mol. The minimum atomic E-state index is -0.972. The van der Waals surface area contributed by atoms with E-state index in [2.05, 4.69) is 4.98 Å².